The number of hydrogen-bond acceptors (Lipinski definition) is 4. The second-order valence-corrected chi connectivity index (χ2v) is 6.43. The van der Waals surface area contributed by atoms with Crippen molar-refractivity contribution < 1.29 is 0 Å². The van der Waals surface area contributed by atoms with Gasteiger partial charge in [-0.3, -0.25) is 4.90 Å². The second-order valence-electron chi connectivity index (χ2n) is 5.37. The average Bonchev–Trinajstić information content (AvgIpc) is 2.79. The number of thiazole rings is 1. The Morgan fingerprint density at radius 3 is 2.63 bits per heavy atom. The summed E-state index contributed by atoms with van der Waals surface area (Å²) in [7, 11) is 2.16. The van der Waals surface area contributed by atoms with Gasteiger partial charge in [0.25, 0.3) is 0 Å². The minimum atomic E-state index is 0.489. The lowest BCUT2D eigenvalue weighted by molar-refractivity contribution is 0.220. The molecule has 1 rings (SSSR count). The van der Waals surface area contributed by atoms with Gasteiger partial charge in [-0.05, 0) is 20.4 Å². The third-order valence-electron chi connectivity index (χ3n) is 3.61. The van der Waals surface area contributed by atoms with Crippen LogP contribution in [0, 0.1) is 6.92 Å². The van der Waals surface area contributed by atoms with Crippen molar-refractivity contribution in [2.45, 2.75) is 65.0 Å². The van der Waals surface area contributed by atoms with E-state index in [0.717, 1.165) is 18.1 Å². The number of nitrogens with zero attached hydrogens (tertiary/aromatic N) is 2. The van der Waals surface area contributed by atoms with Gasteiger partial charge in [0.2, 0.25) is 0 Å². The normalized spacial score (nSPS) is 13.1. The van der Waals surface area contributed by atoms with Gasteiger partial charge in [-0.1, -0.05) is 39.0 Å². The molecule has 0 saturated heterocycles. The first-order valence-electron chi connectivity index (χ1n) is 7.48. The predicted octanol–water partition coefficient (Wildman–Crippen LogP) is 3.57. The Labute approximate surface area is 122 Å². The van der Waals surface area contributed by atoms with E-state index in [0.29, 0.717) is 6.04 Å². The first-order chi connectivity index (χ1) is 9.17. The maximum Gasteiger partial charge on any atom is 0.0897 e. The summed E-state index contributed by atoms with van der Waals surface area (Å²) in [6.45, 7) is 5.98. The van der Waals surface area contributed by atoms with E-state index in [-0.39, 0.29) is 0 Å². The Bertz CT molecular complexity index is 338. The fourth-order valence-corrected chi connectivity index (χ4v) is 2.97. The van der Waals surface area contributed by atoms with E-state index in [4.69, 9.17) is 5.73 Å². The van der Waals surface area contributed by atoms with Gasteiger partial charge in [0.05, 0.1) is 10.7 Å². The number of likely N-dealkylation sites (N-methyl/N-ethyl adjacent to an activating group) is 1. The Hall–Kier alpha value is -0.450. The number of unbranched alkanes of at least 4 members (excludes halogenated alkanes) is 4. The summed E-state index contributed by atoms with van der Waals surface area (Å²) in [5.74, 6) is 0. The highest BCUT2D eigenvalue weighted by Gasteiger charge is 2.14. The zero-order valence-corrected chi connectivity index (χ0v) is 13.5. The van der Waals surface area contributed by atoms with Gasteiger partial charge < -0.3 is 5.73 Å². The quantitative estimate of drug-likeness (QED) is 0.667. The topological polar surface area (TPSA) is 42.1 Å². The van der Waals surface area contributed by atoms with E-state index in [2.05, 4.69) is 36.2 Å². The molecule has 0 fully saturated rings. The van der Waals surface area contributed by atoms with Crippen molar-refractivity contribution in [3.63, 3.8) is 0 Å². The molecule has 110 valence electrons. The summed E-state index contributed by atoms with van der Waals surface area (Å²) in [5.41, 5.74) is 7.09. The van der Waals surface area contributed by atoms with Crippen molar-refractivity contribution in [3.8, 4) is 0 Å². The van der Waals surface area contributed by atoms with Crippen LogP contribution in [0.25, 0.3) is 0 Å². The molecular formula is C15H29N3S. The largest absolute Gasteiger partial charge is 0.329 e. The number of nitrogens with two attached hydrogens (primary N) is 1. The van der Waals surface area contributed by atoms with E-state index in [1.165, 1.54) is 44.2 Å². The maximum atomic E-state index is 5.91. The third-order valence-corrected chi connectivity index (χ3v) is 4.44. The minimum absolute atomic E-state index is 0.489. The van der Waals surface area contributed by atoms with Crippen LogP contribution in [-0.4, -0.2) is 29.5 Å². The van der Waals surface area contributed by atoms with Gasteiger partial charge in [-0.15, -0.1) is 11.3 Å². The molecule has 0 aliphatic carbocycles. The van der Waals surface area contributed by atoms with Crippen LogP contribution in [0.15, 0.2) is 5.38 Å². The lowest BCUT2D eigenvalue weighted by Crippen LogP contribution is -2.37. The molecule has 0 aliphatic heterocycles. The molecular weight excluding hydrogens is 254 g/mol. The molecule has 0 aromatic carbocycles. The second kappa shape index (κ2) is 9.45. The Morgan fingerprint density at radius 1 is 1.32 bits per heavy atom. The molecule has 3 nitrogen and oxygen atoms in total. The molecule has 1 atom stereocenters. The fourth-order valence-electron chi connectivity index (χ4n) is 2.37. The van der Waals surface area contributed by atoms with Crippen LogP contribution in [0.3, 0.4) is 0 Å². The zero-order valence-electron chi connectivity index (χ0n) is 12.7. The van der Waals surface area contributed by atoms with Crippen LogP contribution in [0.2, 0.25) is 0 Å². The van der Waals surface area contributed by atoms with Gasteiger partial charge in [-0.2, -0.15) is 0 Å². The lowest BCUT2D eigenvalue weighted by atomic mass is 10.1. The van der Waals surface area contributed by atoms with Gasteiger partial charge in [0, 0.05) is 24.5 Å². The van der Waals surface area contributed by atoms with Crippen molar-refractivity contribution in [1.82, 2.24) is 9.88 Å². The molecule has 0 bridgehead atoms. The smallest absolute Gasteiger partial charge is 0.0897 e. The minimum Gasteiger partial charge on any atom is -0.329 e. The molecule has 19 heavy (non-hydrogen) atoms. The SMILES string of the molecule is CCCCCCCC(CN)N(C)Cc1csc(C)n1. The number of aromatic nitrogens is 1. The van der Waals surface area contributed by atoms with Crippen molar-refractivity contribution >= 4 is 11.3 Å². The third kappa shape index (κ3) is 6.50. The summed E-state index contributed by atoms with van der Waals surface area (Å²) in [4.78, 5) is 6.88. The summed E-state index contributed by atoms with van der Waals surface area (Å²) < 4.78 is 0. The zero-order chi connectivity index (χ0) is 14.1. The highest BCUT2D eigenvalue weighted by molar-refractivity contribution is 7.09. The van der Waals surface area contributed by atoms with Gasteiger partial charge in [0.15, 0.2) is 0 Å². The lowest BCUT2D eigenvalue weighted by Gasteiger charge is -2.26. The molecule has 2 N–H and O–H groups in total. The van der Waals surface area contributed by atoms with Crippen molar-refractivity contribution in [2.24, 2.45) is 5.73 Å². The first-order valence-corrected chi connectivity index (χ1v) is 8.36. The van der Waals surface area contributed by atoms with Crippen LogP contribution in [0.1, 0.15) is 56.2 Å². The molecule has 0 aliphatic rings. The monoisotopic (exact) mass is 283 g/mol. The summed E-state index contributed by atoms with van der Waals surface area (Å²) in [5, 5.41) is 3.30. The number of rotatable bonds is 10. The van der Waals surface area contributed by atoms with E-state index in [1.807, 2.05) is 0 Å². The van der Waals surface area contributed by atoms with Crippen molar-refractivity contribution in [1.29, 1.82) is 0 Å². The Balaban J connectivity index is 2.28. The number of aryl methyl sites for hydroxylation is 1. The molecule has 1 unspecified atom stereocenters. The van der Waals surface area contributed by atoms with Crippen LogP contribution >= 0.6 is 11.3 Å². The van der Waals surface area contributed by atoms with Crippen LogP contribution in [0.5, 0.6) is 0 Å². The fraction of sp³-hybridized carbons (Fsp3) is 0.800. The van der Waals surface area contributed by atoms with E-state index >= 15 is 0 Å². The van der Waals surface area contributed by atoms with Crippen LogP contribution in [0.4, 0.5) is 0 Å². The molecule has 0 saturated carbocycles. The summed E-state index contributed by atoms with van der Waals surface area (Å²) >= 11 is 1.72. The van der Waals surface area contributed by atoms with Crippen molar-refractivity contribution in [3.05, 3.63) is 16.1 Å². The van der Waals surface area contributed by atoms with Crippen LogP contribution < -0.4 is 5.73 Å². The highest BCUT2D eigenvalue weighted by atomic mass is 32.1. The summed E-state index contributed by atoms with van der Waals surface area (Å²) in [6.07, 6.45) is 7.88. The van der Waals surface area contributed by atoms with Crippen LogP contribution in [-0.2, 0) is 6.54 Å². The molecule has 4 heteroatoms. The molecule has 1 aromatic rings. The highest BCUT2D eigenvalue weighted by Crippen LogP contribution is 2.14. The average molecular weight is 283 g/mol. The Morgan fingerprint density at radius 2 is 2.05 bits per heavy atom. The van der Waals surface area contributed by atoms with Gasteiger partial charge in [-0.25, -0.2) is 4.98 Å². The van der Waals surface area contributed by atoms with E-state index in [9.17, 15) is 0 Å². The molecule has 0 radical (unpaired) electrons. The molecule has 1 aromatic heterocycles. The van der Waals surface area contributed by atoms with Gasteiger partial charge in [0.1, 0.15) is 0 Å². The predicted molar refractivity (Wildman–Crippen MR) is 84.5 cm³/mol. The summed E-state index contributed by atoms with van der Waals surface area (Å²) in [6, 6.07) is 0.489. The standard InChI is InChI=1S/C15H29N3S/c1-4-5-6-7-8-9-15(10-16)18(3)11-14-12-19-13(2)17-14/h12,15H,4-11,16H2,1-3H3. The Kier molecular flexibility index (Phi) is 8.26. The van der Waals surface area contributed by atoms with E-state index in [1.54, 1.807) is 11.3 Å². The van der Waals surface area contributed by atoms with Gasteiger partial charge >= 0.3 is 0 Å². The molecule has 0 amide bonds. The van der Waals surface area contributed by atoms with Crippen molar-refractivity contribution in [2.75, 3.05) is 13.6 Å². The van der Waals surface area contributed by atoms with E-state index < -0.39 is 0 Å². The maximum absolute atomic E-state index is 5.91. The molecule has 0 spiro atoms. The first kappa shape index (κ1) is 16.6. The molecule has 1 heterocycles. The number of hydrogen-bond donors (Lipinski definition) is 1.